The van der Waals surface area contributed by atoms with Crippen LogP contribution < -0.4 is 11.1 Å². The number of ether oxygens (including phenoxy) is 1. The van der Waals surface area contributed by atoms with E-state index in [1.807, 2.05) is 0 Å². The number of rotatable bonds is 4. The summed E-state index contributed by atoms with van der Waals surface area (Å²) in [5, 5.41) is 3.55. The first-order valence-corrected chi connectivity index (χ1v) is 5.55. The van der Waals surface area contributed by atoms with Crippen molar-refractivity contribution in [2.45, 2.75) is 57.7 Å². The first-order chi connectivity index (χ1) is 6.40. The molecule has 14 heavy (non-hydrogen) atoms. The van der Waals surface area contributed by atoms with E-state index in [1.54, 1.807) is 0 Å². The van der Waals surface area contributed by atoms with E-state index in [9.17, 15) is 0 Å². The maximum atomic E-state index is 6.10. The highest BCUT2D eigenvalue weighted by Crippen LogP contribution is 2.25. The van der Waals surface area contributed by atoms with Crippen molar-refractivity contribution in [2.24, 2.45) is 5.73 Å². The summed E-state index contributed by atoms with van der Waals surface area (Å²) in [5.41, 5.74) is 6.10. The zero-order valence-corrected chi connectivity index (χ0v) is 9.89. The molecule has 0 aromatic rings. The molecule has 1 aliphatic heterocycles. The lowest BCUT2D eigenvalue weighted by Gasteiger charge is -2.33. The Morgan fingerprint density at radius 1 is 1.64 bits per heavy atom. The van der Waals surface area contributed by atoms with Crippen molar-refractivity contribution in [1.82, 2.24) is 5.32 Å². The van der Waals surface area contributed by atoms with Crippen LogP contribution in [0.25, 0.3) is 0 Å². The number of nitrogens with one attached hydrogen (secondary N) is 1. The summed E-state index contributed by atoms with van der Waals surface area (Å²) in [5.74, 6) is 0. The van der Waals surface area contributed by atoms with Crippen LogP contribution in [0.5, 0.6) is 0 Å². The number of hydrogen-bond donors (Lipinski definition) is 2. The van der Waals surface area contributed by atoms with E-state index in [2.05, 4.69) is 33.0 Å². The van der Waals surface area contributed by atoms with Crippen LogP contribution in [0.4, 0.5) is 0 Å². The third kappa shape index (κ3) is 2.69. The molecule has 3 unspecified atom stereocenters. The Morgan fingerprint density at radius 2 is 2.29 bits per heavy atom. The molecule has 0 amide bonds. The highest BCUT2D eigenvalue weighted by molar-refractivity contribution is 4.95. The van der Waals surface area contributed by atoms with Crippen molar-refractivity contribution in [3.8, 4) is 0 Å². The van der Waals surface area contributed by atoms with Crippen LogP contribution in [0, 0.1) is 0 Å². The normalized spacial score (nSPS) is 37.1. The summed E-state index contributed by atoms with van der Waals surface area (Å²) in [6.07, 6.45) is 2.36. The Kier molecular flexibility index (Phi) is 3.56. The van der Waals surface area contributed by atoms with E-state index in [4.69, 9.17) is 10.5 Å². The maximum Gasteiger partial charge on any atom is 0.0726 e. The molecular weight excluding hydrogens is 176 g/mol. The minimum atomic E-state index is -0.106. The van der Waals surface area contributed by atoms with Gasteiger partial charge in [-0.1, -0.05) is 6.92 Å². The number of hydrogen-bond acceptors (Lipinski definition) is 3. The molecule has 0 radical (unpaired) electrons. The van der Waals surface area contributed by atoms with Gasteiger partial charge in [0.15, 0.2) is 0 Å². The predicted molar refractivity (Wildman–Crippen MR) is 59.3 cm³/mol. The molecular formula is C11H24N2O. The Bertz CT molecular complexity index is 194. The van der Waals surface area contributed by atoms with Crippen LogP contribution in [-0.4, -0.2) is 30.3 Å². The summed E-state index contributed by atoms with van der Waals surface area (Å²) in [6, 6.07) is 0. The van der Waals surface area contributed by atoms with Gasteiger partial charge in [0.25, 0.3) is 0 Å². The van der Waals surface area contributed by atoms with E-state index in [0.29, 0.717) is 0 Å². The van der Waals surface area contributed by atoms with Crippen molar-refractivity contribution in [3.05, 3.63) is 0 Å². The third-order valence-corrected chi connectivity index (χ3v) is 3.59. The van der Waals surface area contributed by atoms with Crippen molar-refractivity contribution >= 4 is 0 Å². The Balaban J connectivity index is 2.44. The smallest absolute Gasteiger partial charge is 0.0726 e. The highest BCUT2D eigenvalue weighted by atomic mass is 16.5. The Labute approximate surface area is 87.4 Å². The third-order valence-electron chi connectivity index (χ3n) is 3.59. The lowest BCUT2D eigenvalue weighted by atomic mass is 9.92. The second-order valence-corrected chi connectivity index (χ2v) is 5.04. The van der Waals surface area contributed by atoms with Crippen LogP contribution in [-0.2, 0) is 4.74 Å². The van der Waals surface area contributed by atoms with Crippen LogP contribution in [0.1, 0.15) is 40.5 Å². The van der Waals surface area contributed by atoms with Gasteiger partial charge in [0, 0.05) is 24.2 Å². The molecule has 3 nitrogen and oxygen atoms in total. The molecule has 0 aromatic carbocycles. The average molecular weight is 200 g/mol. The molecule has 1 fully saturated rings. The lowest BCUT2D eigenvalue weighted by molar-refractivity contribution is 0.0865. The van der Waals surface area contributed by atoms with Gasteiger partial charge in [0.05, 0.1) is 6.10 Å². The highest BCUT2D eigenvalue weighted by Gasteiger charge is 2.37. The molecule has 3 atom stereocenters. The van der Waals surface area contributed by atoms with E-state index in [1.165, 1.54) is 0 Å². The first-order valence-electron chi connectivity index (χ1n) is 5.55. The molecule has 0 saturated carbocycles. The van der Waals surface area contributed by atoms with Crippen molar-refractivity contribution < 1.29 is 4.74 Å². The second kappa shape index (κ2) is 4.17. The minimum absolute atomic E-state index is 0.106. The molecule has 0 aromatic heterocycles. The number of nitrogens with two attached hydrogens (primary N) is 1. The zero-order valence-electron chi connectivity index (χ0n) is 9.89. The fraction of sp³-hybridized carbons (Fsp3) is 1.00. The van der Waals surface area contributed by atoms with Crippen LogP contribution in [0.3, 0.4) is 0 Å². The van der Waals surface area contributed by atoms with Crippen LogP contribution >= 0.6 is 0 Å². The predicted octanol–water partition coefficient (Wildman–Crippen LogP) is 1.27. The largest absolute Gasteiger partial charge is 0.377 e. The van der Waals surface area contributed by atoms with Gasteiger partial charge < -0.3 is 15.8 Å². The molecule has 0 bridgehead atoms. The SMILES string of the molecule is CCC(C)(N)CNC1(C)CCOC1C. The fourth-order valence-corrected chi connectivity index (χ4v) is 1.60. The van der Waals surface area contributed by atoms with Gasteiger partial charge in [0.1, 0.15) is 0 Å². The topological polar surface area (TPSA) is 47.3 Å². The standard InChI is InChI=1S/C11H24N2O/c1-5-10(3,12)8-13-11(4)6-7-14-9(11)2/h9,13H,5-8,12H2,1-4H3. The zero-order chi connectivity index (χ0) is 10.8. The van der Waals surface area contributed by atoms with Crippen LogP contribution in [0.15, 0.2) is 0 Å². The molecule has 0 aliphatic carbocycles. The maximum absolute atomic E-state index is 6.10. The molecule has 0 spiro atoms. The molecule has 3 N–H and O–H groups in total. The molecule has 1 rings (SSSR count). The second-order valence-electron chi connectivity index (χ2n) is 5.04. The van der Waals surface area contributed by atoms with E-state index >= 15 is 0 Å². The molecule has 1 heterocycles. The average Bonchev–Trinajstić information content (AvgIpc) is 2.45. The van der Waals surface area contributed by atoms with Gasteiger partial charge >= 0.3 is 0 Å². The summed E-state index contributed by atoms with van der Waals surface area (Å²) < 4.78 is 5.56. The molecule has 1 aliphatic rings. The summed E-state index contributed by atoms with van der Waals surface area (Å²) in [7, 11) is 0. The Hall–Kier alpha value is -0.120. The van der Waals surface area contributed by atoms with Crippen LogP contribution in [0.2, 0.25) is 0 Å². The molecule has 3 heteroatoms. The summed E-state index contributed by atoms with van der Waals surface area (Å²) >= 11 is 0. The Morgan fingerprint density at radius 3 is 2.71 bits per heavy atom. The summed E-state index contributed by atoms with van der Waals surface area (Å²) in [4.78, 5) is 0. The van der Waals surface area contributed by atoms with Gasteiger partial charge in [-0.15, -0.1) is 0 Å². The van der Waals surface area contributed by atoms with Crippen molar-refractivity contribution in [2.75, 3.05) is 13.2 Å². The van der Waals surface area contributed by atoms with Gasteiger partial charge in [-0.05, 0) is 33.6 Å². The van der Waals surface area contributed by atoms with Crippen molar-refractivity contribution in [3.63, 3.8) is 0 Å². The van der Waals surface area contributed by atoms with Gasteiger partial charge in [-0.2, -0.15) is 0 Å². The van der Waals surface area contributed by atoms with Gasteiger partial charge in [0.2, 0.25) is 0 Å². The van der Waals surface area contributed by atoms with Gasteiger partial charge in [-0.3, -0.25) is 0 Å². The molecule has 84 valence electrons. The van der Waals surface area contributed by atoms with E-state index in [0.717, 1.165) is 26.0 Å². The minimum Gasteiger partial charge on any atom is -0.377 e. The van der Waals surface area contributed by atoms with E-state index < -0.39 is 0 Å². The van der Waals surface area contributed by atoms with Crippen molar-refractivity contribution in [1.29, 1.82) is 0 Å². The summed E-state index contributed by atoms with van der Waals surface area (Å²) in [6.45, 7) is 10.3. The molecule has 1 saturated heterocycles. The van der Waals surface area contributed by atoms with Gasteiger partial charge in [-0.25, -0.2) is 0 Å². The quantitative estimate of drug-likeness (QED) is 0.718. The fourth-order valence-electron chi connectivity index (χ4n) is 1.60. The first kappa shape index (κ1) is 12.0. The van der Waals surface area contributed by atoms with E-state index in [-0.39, 0.29) is 17.2 Å². The monoisotopic (exact) mass is 200 g/mol. The lowest BCUT2D eigenvalue weighted by Crippen LogP contribution is -2.55.